The van der Waals surface area contributed by atoms with Gasteiger partial charge in [-0.15, -0.1) is 0 Å². The van der Waals surface area contributed by atoms with Gasteiger partial charge >= 0.3 is 5.97 Å². The van der Waals surface area contributed by atoms with Crippen molar-refractivity contribution in [3.8, 4) is 5.75 Å². The van der Waals surface area contributed by atoms with Gasteiger partial charge in [0.15, 0.2) is 6.10 Å². The average Bonchev–Trinajstić information content (AvgIpc) is 2.49. The first-order valence-corrected chi connectivity index (χ1v) is 6.43. The van der Waals surface area contributed by atoms with Crippen LogP contribution < -0.4 is 10.5 Å². The molecule has 1 aliphatic heterocycles. The molecule has 0 aliphatic carbocycles. The van der Waals surface area contributed by atoms with Crippen LogP contribution in [0.3, 0.4) is 0 Å². The van der Waals surface area contributed by atoms with E-state index in [4.69, 9.17) is 25.4 Å². The van der Waals surface area contributed by atoms with Gasteiger partial charge in [-0.25, -0.2) is 4.79 Å². The van der Waals surface area contributed by atoms with Gasteiger partial charge in [0.05, 0.1) is 12.3 Å². The summed E-state index contributed by atoms with van der Waals surface area (Å²) in [7, 11) is 0. The number of anilines is 1. The molecule has 9 heteroatoms. The number of nitrogens with two attached hydrogens (primary N) is 1. The summed E-state index contributed by atoms with van der Waals surface area (Å²) in [5, 5.41) is 47.0. The van der Waals surface area contributed by atoms with Crippen LogP contribution in [0.5, 0.6) is 5.75 Å². The van der Waals surface area contributed by atoms with Crippen LogP contribution in [0.2, 0.25) is 0 Å². The number of carboxylic acid groups (broad SMARTS) is 1. The molecule has 22 heavy (non-hydrogen) atoms. The first-order valence-electron chi connectivity index (χ1n) is 6.43. The number of aliphatic carboxylic acids is 1. The monoisotopic (exact) mass is 315 g/mol. The van der Waals surface area contributed by atoms with E-state index in [9.17, 15) is 20.1 Å². The quantitative estimate of drug-likeness (QED) is 0.346. The standard InChI is InChI=1S/C13H17NO8/c14-6-3-5(4-15)1-2-7(6)21-13-10(18)8(16)9(17)11(22-13)12(19)20/h1-3,8-11,13,15-18H,4,14H2,(H,19,20)/t8?,9-,10+,11-,13+/m0/s1. The lowest BCUT2D eigenvalue weighted by Gasteiger charge is -2.38. The van der Waals surface area contributed by atoms with E-state index in [1.165, 1.54) is 18.2 Å². The lowest BCUT2D eigenvalue weighted by molar-refractivity contribution is -0.271. The van der Waals surface area contributed by atoms with E-state index in [1.54, 1.807) is 0 Å². The lowest BCUT2D eigenvalue weighted by Crippen LogP contribution is -2.61. The van der Waals surface area contributed by atoms with Gasteiger partial charge in [0.1, 0.15) is 24.1 Å². The third-order valence-electron chi connectivity index (χ3n) is 3.31. The van der Waals surface area contributed by atoms with Crippen molar-refractivity contribution in [2.75, 3.05) is 5.73 Å². The molecule has 1 saturated heterocycles. The van der Waals surface area contributed by atoms with E-state index in [0.29, 0.717) is 5.56 Å². The maximum atomic E-state index is 11.0. The smallest absolute Gasteiger partial charge is 0.335 e. The Morgan fingerprint density at radius 1 is 1.23 bits per heavy atom. The summed E-state index contributed by atoms with van der Waals surface area (Å²) < 4.78 is 10.3. The van der Waals surface area contributed by atoms with E-state index in [-0.39, 0.29) is 18.0 Å². The fourth-order valence-corrected chi connectivity index (χ4v) is 2.08. The summed E-state index contributed by atoms with van der Waals surface area (Å²) in [6.07, 6.45) is -8.48. The molecule has 1 aromatic rings. The Morgan fingerprint density at radius 2 is 1.91 bits per heavy atom. The zero-order valence-corrected chi connectivity index (χ0v) is 11.4. The van der Waals surface area contributed by atoms with Gasteiger partial charge in [-0.05, 0) is 17.7 Å². The maximum Gasteiger partial charge on any atom is 0.335 e. The van der Waals surface area contributed by atoms with Gasteiger partial charge in [-0.2, -0.15) is 0 Å². The first kappa shape index (κ1) is 16.5. The molecule has 0 radical (unpaired) electrons. The van der Waals surface area contributed by atoms with Crippen LogP contribution in [-0.2, 0) is 16.1 Å². The summed E-state index contributed by atoms with van der Waals surface area (Å²) in [6, 6.07) is 4.36. The SMILES string of the molecule is Nc1cc(CO)ccc1O[C@@H]1O[C@H](C(=O)O)[C@@H](O)C(O)[C@H]1O. The molecule has 7 N–H and O–H groups in total. The maximum absolute atomic E-state index is 11.0. The molecule has 1 aliphatic rings. The van der Waals surface area contributed by atoms with E-state index in [1.807, 2.05) is 0 Å². The molecule has 0 amide bonds. The highest BCUT2D eigenvalue weighted by Gasteiger charge is 2.48. The topological polar surface area (TPSA) is 163 Å². The Bertz CT molecular complexity index is 551. The van der Waals surface area contributed by atoms with Crippen molar-refractivity contribution in [1.29, 1.82) is 0 Å². The number of aliphatic hydroxyl groups is 4. The molecule has 0 aromatic heterocycles. The number of hydrogen-bond donors (Lipinski definition) is 6. The highest BCUT2D eigenvalue weighted by Crippen LogP contribution is 2.28. The minimum absolute atomic E-state index is 0.0778. The van der Waals surface area contributed by atoms with Crippen LogP contribution >= 0.6 is 0 Å². The molecular formula is C13H17NO8. The molecule has 5 atom stereocenters. The molecule has 1 aromatic carbocycles. The van der Waals surface area contributed by atoms with Crippen molar-refractivity contribution >= 4 is 11.7 Å². The van der Waals surface area contributed by atoms with Gasteiger partial charge in [0.25, 0.3) is 0 Å². The zero-order valence-electron chi connectivity index (χ0n) is 11.4. The van der Waals surface area contributed by atoms with Crippen LogP contribution in [0.15, 0.2) is 18.2 Å². The predicted octanol–water partition coefficient (Wildman–Crippen LogP) is -1.97. The molecular weight excluding hydrogens is 298 g/mol. The first-order chi connectivity index (χ1) is 10.3. The fraction of sp³-hybridized carbons (Fsp3) is 0.462. The second kappa shape index (κ2) is 6.46. The van der Waals surface area contributed by atoms with E-state index in [0.717, 1.165) is 0 Å². The average molecular weight is 315 g/mol. The summed E-state index contributed by atoms with van der Waals surface area (Å²) in [4.78, 5) is 11.0. The van der Waals surface area contributed by atoms with E-state index in [2.05, 4.69) is 0 Å². The van der Waals surface area contributed by atoms with Gasteiger partial charge in [-0.1, -0.05) is 6.07 Å². The number of aliphatic hydroxyl groups excluding tert-OH is 4. The molecule has 0 saturated carbocycles. The van der Waals surface area contributed by atoms with Crippen LogP contribution in [0, 0.1) is 0 Å². The van der Waals surface area contributed by atoms with Crippen LogP contribution in [0.25, 0.3) is 0 Å². The number of nitrogen functional groups attached to an aromatic ring is 1. The number of carboxylic acids is 1. The van der Waals surface area contributed by atoms with E-state index < -0.39 is 36.7 Å². The Kier molecular flexibility index (Phi) is 4.84. The van der Waals surface area contributed by atoms with Gasteiger partial charge in [0.2, 0.25) is 6.29 Å². The number of carbonyl (C=O) groups is 1. The Morgan fingerprint density at radius 3 is 2.45 bits per heavy atom. The van der Waals surface area contributed by atoms with Crippen molar-refractivity contribution in [2.45, 2.75) is 37.3 Å². The van der Waals surface area contributed by atoms with Gasteiger partial charge in [-0.3, -0.25) is 0 Å². The third kappa shape index (κ3) is 3.13. The van der Waals surface area contributed by atoms with Crippen molar-refractivity contribution in [1.82, 2.24) is 0 Å². The fourth-order valence-electron chi connectivity index (χ4n) is 2.08. The zero-order chi connectivity index (χ0) is 16.4. The number of hydrogen-bond acceptors (Lipinski definition) is 8. The number of benzene rings is 1. The number of rotatable bonds is 4. The van der Waals surface area contributed by atoms with Gasteiger partial charge < -0.3 is 40.7 Å². The van der Waals surface area contributed by atoms with Crippen LogP contribution in [-0.4, -0.2) is 62.2 Å². The second-order valence-corrected chi connectivity index (χ2v) is 4.88. The third-order valence-corrected chi connectivity index (χ3v) is 3.31. The highest BCUT2D eigenvalue weighted by molar-refractivity contribution is 5.73. The van der Waals surface area contributed by atoms with Crippen LogP contribution in [0.4, 0.5) is 5.69 Å². The molecule has 0 bridgehead atoms. The minimum Gasteiger partial charge on any atom is -0.479 e. The van der Waals surface area contributed by atoms with Crippen molar-refractivity contribution in [2.24, 2.45) is 0 Å². The summed E-state index contributed by atoms with van der Waals surface area (Å²) in [5.41, 5.74) is 6.38. The largest absolute Gasteiger partial charge is 0.479 e. The summed E-state index contributed by atoms with van der Waals surface area (Å²) in [5.74, 6) is -1.43. The summed E-state index contributed by atoms with van der Waals surface area (Å²) in [6.45, 7) is -0.223. The molecule has 1 unspecified atom stereocenters. The molecule has 122 valence electrons. The molecule has 0 spiro atoms. The summed E-state index contributed by atoms with van der Waals surface area (Å²) >= 11 is 0. The molecule has 1 fully saturated rings. The molecule has 9 nitrogen and oxygen atoms in total. The van der Waals surface area contributed by atoms with Crippen molar-refractivity contribution in [3.05, 3.63) is 23.8 Å². The molecule has 1 heterocycles. The van der Waals surface area contributed by atoms with E-state index >= 15 is 0 Å². The Hall–Kier alpha value is -1.91. The van der Waals surface area contributed by atoms with Crippen molar-refractivity contribution < 1.29 is 39.8 Å². The highest BCUT2D eigenvalue weighted by atomic mass is 16.7. The van der Waals surface area contributed by atoms with Crippen LogP contribution in [0.1, 0.15) is 5.56 Å². The number of ether oxygens (including phenoxy) is 2. The molecule has 2 rings (SSSR count). The Balaban J connectivity index is 2.19. The predicted molar refractivity (Wildman–Crippen MR) is 71.7 cm³/mol. The second-order valence-electron chi connectivity index (χ2n) is 4.88. The Labute approximate surface area is 125 Å². The minimum atomic E-state index is -1.79. The normalized spacial score (nSPS) is 31.7. The van der Waals surface area contributed by atoms with Gasteiger partial charge in [0, 0.05) is 0 Å². The lowest BCUT2D eigenvalue weighted by atomic mass is 9.99. The van der Waals surface area contributed by atoms with Crippen molar-refractivity contribution in [3.63, 3.8) is 0 Å².